The average Bonchev–Trinajstić information content (AvgIpc) is 2.91. The summed E-state index contributed by atoms with van der Waals surface area (Å²) in [5.41, 5.74) is 0.587. The summed E-state index contributed by atoms with van der Waals surface area (Å²) in [4.78, 5) is 23.9. The Kier molecular flexibility index (Phi) is 5.95. The fourth-order valence-corrected chi connectivity index (χ4v) is 2.80. The molecule has 0 unspecified atom stereocenters. The molecule has 0 aromatic heterocycles. The van der Waals surface area contributed by atoms with E-state index in [0.717, 1.165) is 19.3 Å². The molecule has 0 heterocycles. The van der Waals surface area contributed by atoms with Crippen molar-refractivity contribution in [2.45, 2.75) is 44.8 Å². The van der Waals surface area contributed by atoms with Crippen LogP contribution in [0.1, 0.15) is 43.0 Å². The zero-order chi connectivity index (χ0) is 15.9. The number of nitrogens with one attached hydrogen (secondary N) is 2. The summed E-state index contributed by atoms with van der Waals surface area (Å²) in [6.07, 6.45) is 2.74. The molecule has 1 saturated carbocycles. The van der Waals surface area contributed by atoms with Gasteiger partial charge >= 0.3 is 0 Å². The first-order valence-corrected chi connectivity index (χ1v) is 7.87. The molecule has 5 nitrogen and oxygen atoms in total. The quantitative estimate of drug-likeness (QED) is 0.745. The Morgan fingerprint density at radius 1 is 1.27 bits per heavy atom. The van der Waals surface area contributed by atoms with Gasteiger partial charge in [-0.05, 0) is 31.9 Å². The summed E-state index contributed by atoms with van der Waals surface area (Å²) in [5.74, 6) is -0.106. The second-order valence-electron chi connectivity index (χ2n) is 6.01. The van der Waals surface area contributed by atoms with Crippen LogP contribution in [-0.2, 0) is 4.79 Å². The van der Waals surface area contributed by atoms with E-state index in [0.29, 0.717) is 12.1 Å². The highest BCUT2D eigenvalue weighted by Crippen LogP contribution is 2.24. The van der Waals surface area contributed by atoms with Crippen LogP contribution < -0.4 is 10.6 Å². The van der Waals surface area contributed by atoms with E-state index in [1.165, 1.54) is 0 Å². The normalized spacial score (nSPS) is 22.1. The lowest BCUT2D eigenvalue weighted by Gasteiger charge is -2.17. The number of carbonyl (C=O) groups is 2. The monoisotopic (exact) mass is 304 g/mol. The highest BCUT2D eigenvalue weighted by atomic mass is 16.3. The highest BCUT2D eigenvalue weighted by Gasteiger charge is 2.25. The third-order valence-electron chi connectivity index (χ3n) is 4.09. The summed E-state index contributed by atoms with van der Waals surface area (Å²) in [6.45, 7) is 2.32. The van der Waals surface area contributed by atoms with Crippen molar-refractivity contribution < 1.29 is 14.7 Å². The van der Waals surface area contributed by atoms with Crippen LogP contribution in [0.3, 0.4) is 0 Å². The van der Waals surface area contributed by atoms with E-state index in [1.807, 2.05) is 13.0 Å². The van der Waals surface area contributed by atoms with Crippen LogP contribution in [0.2, 0.25) is 0 Å². The Morgan fingerprint density at radius 2 is 2.00 bits per heavy atom. The third kappa shape index (κ3) is 4.84. The van der Waals surface area contributed by atoms with E-state index in [-0.39, 0.29) is 36.3 Å². The van der Waals surface area contributed by atoms with Gasteiger partial charge in [0.05, 0.1) is 6.10 Å². The zero-order valence-corrected chi connectivity index (χ0v) is 12.9. The number of benzene rings is 1. The Hall–Kier alpha value is -1.88. The van der Waals surface area contributed by atoms with Crippen molar-refractivity contribution in [1.82, 2.24) is 10.6 Å². The molecule has 2 amide bonds. The van der Waals surface area contributed by atoms with E-state index in [4.69, 9.17) is 0 Å². The van der Waals surface area contributed by atoms with Gasteiger partial charge in [0, 0.05) is 30.5 Å². The van der Waals surface area contributed by atoms with Crippen LogP contribution in [0.25, 0.3) is 0 Å². The van der Waals surface area contributed by atoms with Crippen molar-refractivity contribution in [3.63, 3.8) is 0 Å². The van der Waals surface area contributed by atoms with E-state index >= 15 is 0 Å². The maximum absolute atomic E-state index is 12.0. The van der Waals surface area contributed by atoms with Gasteiger partial charge in [0.2, 0.25) is 5.91 Å². The van der Waals surface area contributed by atoms with Crippen LogP contribution in [0.4, 0.5) is 0 Å². The number of amides is 2. The van der Waals surface area contributed by atoms with Crippen molar-refractivity contribution in [2.75, 3.05) is 6.54 Å². The summed E-state index contributed by atoms with van der Waals surface area (Å²) in [7, 11) is 0. The van der Waals surface area contributed by atoms with E-state index in [1.54, 1.807) is 24.3 Å². The molecule has 22 heavy (non-hydrogen) atoms. The second-order valence-corrected chi connectivity index (χ2v) is 6.01. The molecule has 1 fully saturated rings. The maximum Gasteiger partial charge on any atom is 0.251 e. The van der Waals surface area contributed by atoms with Gasteiger partial charge in [-0.2, -0.15) is 0 Å². The van der Waals surface area contributed by atoms with Crippen LogP contribution >= 0.6 is 0 Å². The molecule has 3 N–H and O–H groups in total. The first-order chi connectivity index (χ1) is 10.6. The van der Waals surface area contributed by atoms with Gasteiger partial charge in [-0.25, -0.2) is 0 Å². The summed E-state index contributed by atoms with van der Waals surface area (Å²) < 4.78 is 0. The third-order valence-corrected chi connectivity index (χ3v) is 4.09. The molecule has 0 radical (unpaired) electrons. The topological polar surface area (TPSA) is 78.4 Å². The van der Waals surface area contributed by atoms with Gasteiger partial charge in [0.15, 0.2) is 0 Å². The standard InChI is InChI=1S/C17H24N2O3/c1-12(19-17(22)13-6-3-2-4-7-13)10-16(21)18-11-14-8-5-9-15(14)20/h2-4,6-7,12,14-15,20H,5,8-11H2,1H3,(H,18,21)(H,19,22)/t12-,14-,15+/m1/s1. The van der Waals surface area contributed by atoms with Gasteiger partial charge < -0.3 is 15.7 Å². The maximum atomic E-state index is 12.0. The Morgan fingerprint density at radius 3 is 2.64 bits per heavy atom. The number of hydrogen-bond donors (Lipinski definition) is 3. The molecule has 0 spiro atoms. The van der Waals surface area contributed by atoms with Crippen molar-refractivity contribution in [3.05, 3.63) is 35.9 Å². The van der Waals surface area contributed by atoms with Crippen molar-refractivity contribution >= 4 is 11.8 Å². The molecule has 1 aromatic rings. The number of aliphatic hydroxyl groups is 1. The van der Waals surface area contributed by atoms with Crippen molar-refractivity contribution in [3.8, 4) is 0 Å². The number of hydrogen-bond acceptors (Lipinski definition) is 3. The molecule has 0 saturated heterocycles. The smallest absolute Gasteiger partial charge is 0.251 e. The van der Waals surface area contributed by atoms with E-state index < -0.39 is 0 Å². The van der Waals surface area contributed by atoms with Crippen molar-refractivity contribution in [1.29, 1.82) is 0 Å². The van der Waals surface area contributed by atoms with Gasteiger partial charge in [-0.1, -0.05) is 24.6 Å². The molecule has 0 aliphatic heterocycles. The summed E-state index contributed by atoms with van der Waals surface area (Å²) in [6, 6.07) is 8.71. The van der Waals surface area contributed by atoms with Gasteiger partial charge in [-0.15, -0.1) is 0 Å². The number of carbonyl (C=O) groups excluding carboxylic acids is 2. The molecule has 120 valence electrons. The minimum atomic E-state index is -0.296. The van der Waals surface area contributed by atoms with E-state index in [9.17, 15) is 14.7 Å². The molecular weight excluding hydrogens is 280 g/mol. The number of aliphatic hydroxyl groups excluding tert-OH is 1. The molecule has 5 heteroatoms. The lowest BCUT2D eigenvalue weighted by molar-refractivity contribution is -0.121. The fraction of sp³-hybridized carbons (Fsp3) is 0.529. The first-order valence-electron chi connectivity index (χ1n) is 7.87. The fourth-order valence-electron chi connectivity index (χ4n) is 2.80. The van der Waals surface area contributed by atoms with Crippen LogP contribution in [0, 0.1) is 5.92 Å². The predicted octanol–water partition coefficient (Wildman–Crippen LogP) is 1.47. The van der Waals surface area contributed by atoms with Crippen molar-refractivity contribution in [2.24, 2.45) is 5.92 Å². The minimum absolute atomic E-state index is 0.0973. The number of rotatable bonds is 6. The molecule has 1 aliphatic rings. The predicted molar refractivity (Wildman–Crippen MR) is 84.3 cm³/mol. The Bertz CT molecular complexity index is 504. The van der Waals surface area contributed by atoms with Crippen LogP contribution in [0.5, 0.6) is 0 Å². The first kappa shape index (κ1) is 16.5. The Balaban J connectivity index is 1.71. The van der Waals surface area contributed by atoms with Gasteiger partial charge in [-0.3, -0.25) is 9.59 Å². The van der Waals surface area contributed by atoms with E-state index in [2.05, 4.69) is 10.6 Å². The molecule has 3 atom stereocenters. The molecule has 0 bridgehead atoms. The zero-order valence-electron chi connectivity index (χ0n) is 12.9. The molecule has 1 aliphatic carbocycles. The molecular formula is C17H24N2O3. The molecule has 1 aromatic carbocycles. The highest BCUT2D eigenvalue weighted by molar-refractivity contribution is 5.94. The molecule has 2 rings (SSSR count). The summed E-state index contributed by atoms with van der Waals surface area (Å²) in [5, 5.41) is 15.4. The minimum Gasteiger partial charge on any atom is -0.393 e. The lowest BCUT2D eigenvalue weighted by atomic mass is 10.1. The largest absolute Gasteiger partial charge is 0.393 e. The lowest BCUT2D eigenvalue weighted by Crippen LogP contribution is -2.39. The Labute approximate surface area is 131 Å². The summed E-state index contributed by atoms with van der Waals surface area (Å²) >= 11 is 0. The van der Waals surface area contributed by atoms with Crippen LogP contribution in [0.15, 0.2) is 30.3 Å². The second kappa shape index (κ2) is 7.94. The average molecular weight is 304 g/mol. The SMILES string of the molecule is C[C@H](CC(=O)NC[C@H]1CCC[C@@H]1O)NC(=O)c1ccccc1. The van der Waals surface area contributed by atoms with Gasteiger partial charge in [0.1, 0.15) is 0 Å². The van der Waals surface area contributed by atoms with Crippen LogP contribution in [-0.4, -0.2) is 35.6 Å². The van der Waals surface area contributed by atoms with Gasteiger partial charge in [0.25, 0.3) is 5.91 Å².